The van der Waals surface area contributed by atoms with Crippen LogP contribution in [0.5, 0.6) is 5.75 Å². The molecule has 2 aromatic heterocycles. The summed E-state index contributed by atoms with van der Waals surface area (Å²) >= 11 is 0. The van der Waals surface area contributed by atoms with E-state index in [1.165, 1.54) is 50.1 Å². The molecule has 0 aliphatic heterocycles. The molecule has 0 fully saturated rings. The summed E-state index contributed by atoms with van der Waals surface area (Å²) in [4.78, 5) is 11.3. The summed E-state index contributed by atoms with van der Waals surface area (Å²) in [5.41, 5.74) is 24.7. The molecule has 4 nitrogen and oxygen atoms in total. The quantitative estimate of drug-likeness (QED) is 0.139. The molecule has 0 unspecified atom stereocenters. The second-order valence-corrected chi connectivity index (χ2v) is 20.1. The fourth-order valence-corrected chi connectivity index (χ4v) is 11.1. The van der Waals surface area contributed by atoms with Gasteiger partial charge in [-0.25, -0.2) is 9.97 Å². The second kappa shape index (κ2) is 19.2. The Bertz CT molecular complexity index is 3240. The van der Waals surface area contributed by atoms with Gasteiger partial charge in [-0.3, -0.25) is 4.57 Å². The normalized spacial score (nSPS) is 12.3. The molecule has 0 saturated carbocycles. The van der Waals surface area contributed by atoms with Crippen molar-refractivity contribution in [3.63, 3.8) is 0 Å². The number of nitrogens with zero attached hydrogens (tertiary/aromatic N) is 3. The van der Waals surface area contributed by atoms with Crippen LogP contribution in [0.2, 0.25) is 0 Å². The van der Waals surface area contributed by atoms with E-state index in [9.17, 15) is 5.11 Å². The first-order valence-electron chi connectivity index (χ1n) is 24.6. The molecular formula is C64H62N3OPt-. The van der Waals surface area contributed by atoms with Crippen LogP contribution in [0, 0.1) is 19.9 Å². The van der Waals surface area contributed by atoms with E-state index >= 15 is 0 Å². The Kier molecular flexibility index (Phi) is 13.3. The predicted molar refractivity (Wildman–Crippen MR) is 285 cm³/mol. The molecule has 350 valence electrons. The molecular weight excluding hydrogens is 1020 g/mol. The van der Waals surface area contributed by atoms with Gasteiger partial charge in [0.25, 0.3) is 0 Å². The SMILES string of the molecule is Cc1cccc(C)c1-n1c(-c2ccc3c(n2)-c2c(O)cccc2CC3)nc2c(-c3[c-]cccc3)c(-c3c(-c4c(C(C)C)cccc4C(C)C)cccc3-c3c(C(C)C)cccc3C(C)C)ccc21.[Pt]. The van der Waals surface area contributed by atoms with Gasteiger partial charge >= 0.3 is 0 Å². The van der Waals surface area contributed by atoms with Crippen molar-refractivity contribution in [3.05, 3.63) is 190 Å². The number of fused-ring (bicyclic) bond motifs is 4. The van der Waals surface area contributed by atoms with Crippen molar-refractivity contribution >= 4 is 11.0 Å². The van der Waals surface area contributed by atoms with Crippen LogP contribution in [0.1, 0.15) is 124 Å². The van der Waals surface area contributed by atoms with E-state index in [4.69, 9.17) is 9.97 Å². The fraction of sp³-hybridized carbons (Fsp3) is 0.250. The smallest absolute Gasteiger partial charge is 0.163 e. The van der Waals surface area contributed by atoms with Crippen LogP contribution in [-0.2, 0) is 33.9 Å². The number of phenols is 1. The zero-order valence-electron chi connectivity index (χ0n) is 41.6. The van der Waals surface area contributed by atoms with Crippen molar-refractivity contribution in [1.82, 2.24) is 14.5 Å². The van der Waals surface area contributed by atoms with Gasteiger partial charge in [-0.15, -0.1) is 35.9 Å². The summed E-state index contributed by atoms with van der Waals surface area (Å²) in [5, 5.41) is 11.3. The number of imidazole rings is 1. The van der Waals surface area contributed by atoms with Crippen LogP contribution in [0.15, 0.2) is 140 Å². The largest absolute Gasteiger partial charge is 0.507 e. The van der Waals surface area contributed by atoms with Crippen molar-refractivity contribution in [2.75, 3.05) is 0 Å². The molecule has 10 rings (SSSR count). The van der Waals surface area contributed by atoms with Crippen molar-refractivity contribution in [2.45, 2.75) is 106 Å². The van der Waals surface area contributed by atoms with Crippen LogP contribution in [0.25, 0.3) is 84.0 Å². The average molecular weight is 1080 g/mol. The maximum absolute atomic E-state index is 11.3. The molecule has 0 amide bonds. The summed E-state index contributed by atoms with van der Waals surface area (Å²) in [6, 6.07) is 54.3. The number of phenolic OH excluding ortho intramolecular Hbond substituents is 1. The summed E-state index contributed by atoms with van der Waals surface area (Å²) in [6.07, 6.45) is 1.73. The number of hydrogen-bond acceptors (Lipinski definition) is 3. The molecule has 9 aromatic rings. The van der Waals surface area contributed by atoms with Gasteiger partial charge in [0.1, 0.15) is 11.4 Å². The van der Waals surface area contributed by atoms with E-state index in [-0.39, 0.29) is 26.8 Å². The van der Waals surface area contributed by atoms with Crippen molar-refractivity contribution in [3.8, 4) is 78.7 Å². The zero-order valence-corrected chi connectivity index (χ0v) is 43.9. The number of rotatable bonds is 10. The predicted octanol–water partition coefficient (Wildman–Crippen LogP) is 17.1. The van der Waals surface area contributed by atoms with Crippen LogP contribution in [-0.4, -0.2) is 19.6 Å². The average Bonchev–Trinajstić information content (AvgIpc) is 3.71. The zero-order chi connectivity index (χ0) is 47.5. The van der Waals surface area contributed by atoms with Crippen molar-refractivity contribution in [2.24, 2.45) is 0 Å². The molecule has 1 aliphatic carbocycles. The van der Waals surface area contributed by atoms with Gasteiger partial charge in [0, 0.05) is 26.6 Å². The van der Waals surface area contributed by atoms with E-state index in [0.717, 1.165) is 91.3 Å². The van der Waals surface area contributed by atoms with Crippen LogP contribution in [0.4, 0.5) is 0 Å². The van der Waals surface area contributed by atoms with E-state index in [1.54, 1.807) is 6.07 Å². The Balaban J connectivity index is 0.00000593. The number of hydrogen-bond donors (Lipinski definition) is 1. The number of pyridine rings is 1. The van der Waals surface area contributed by atoms with Gasteiger partial charge in [-0.05, 0) is 146 Å². The van der Waals surface area contributed by atoms with Gasteiger partial charge in [-0.1, -0.05) is 158 Å². The molecule has 7 aromatic carbocycles. The third-order valence-electron chi connectivity index (χ3n) is 14.3. The maximum Gasteiger partial charge on any atom is 0.163 e. The summed E-state index contributed by atoms with van der Waals surface area (Å²) in [6.45, 7) is 23.0. The first kappa shape index (κ1) is 47.7. The van der Waals surface area contributed by atoms with E-state index in [0.29, 0.717) is 23.7 Å². The Labute approximate surface area is 423 Å². The molecule has 1 N–H and O–H groups in total. The van der Waals surface area contributed by atoms with Crippen LogP contribution >= 0.6 is 0 Å². The molecule has 5 heteroatoms. The number of para-hydroxylation sites is 1. The molecule has 69 heavy (non-hydrogen) atoms. The molecule has 1 aliphatic rings. The topological polar surface area (TPSA) is 50.9 Å². The summed E-state index contributed by atoms with van der Waals surface area (Å²) < 4.78 is 2.34. The number of aryl methyl sites for hydroxylation is 4. The first-order valence-corrected chi connectivity index (χ1v) is 24.6. The van der Waals surface area contributed by atoms with E-state index in [1.807, 2.05) is 12.1 Å². The first-order chi connectivity index (χ1) is 32.8. The van der Waals surface area contributed by atoms with Crippen molar-refractivity contribution in [1.29, 1.82) is 0 Å². The number of aromatic hydroxyl groups is 1. The number of aromatic nitrogens is 3. The third-order valence-corrected chi connectivity index (χ3v) is 14.3. The minimum absolute atomic E-state index is 0. The van der Waals surface area contributed by atoms with Gasteiger partial charge in [0.2, 0.25) is 0 Å². The Morgan fingerprint density at radius 1 is 0.493 bits per heavy atom. The molecule has 0 bridgehead atoms. The standard InChI is InChI=1S/C64H62N3O.Pt/c1-37(2)46-24-16-25-47(38(3)4)58(46)50-28-18-29-51(59-48(39(5)6)26-17-27-49(59)40(7)8)60(50)52-34-36-54-62(56(52)43-21-12-11-13-22-43)66-64(67(54)63-41(9)19-14-20-42(63)10)53-35-33-45-32-31-44-23-15-30-55(68)57(44)61(45)65-53;/h11-21,23-30,33-40,68H,31-32H2,1-10H3;/q-1;. The Morgan fingerprint density at radius 3 is 1.59 bits per heavy atom. The molecule has 2 heterocycles. The molecule has 0 spiro atoms. The fourth-order valence-electron chi connectivity index (χ4n) is 11.1. The maximum atomic E-state index is 11.3. The summed E-state index contributed by atoms with van der Waals surface area (Å²) in [7, 11) is 0. The minimum atomic E-state index is 0. The second-order valence-electron chi connectivity index (χ2n) is 20.1. The Hall–Kier alpha value is -6.35. The van der Waals surface area contributed by atoms with Gasteiger partial charge in [0.15, 0.2) is 5.82 Å². The van der Waals surface area contributed by atoms with Crippen molar-refractivity contribution < 1.29 is 26.2 Å². The molecule has 0 saturated heterocycles. The van der Waals surface area contributed by atoms with Gasteiger partial charge in [0.05, 0.1) is 22.4 Å². The summed E-state index contributed by atoms with van der Waals surface area (Å²) in [5.74, 6) is 2.21. The monoisotopic (exact) mass is 1080 g/mol. The van der Waals surface area contributed by atoms with Gasteiger partial charge in [-0.2, -0.15) is 0 Å². The molecule has 0 radical (unpaired) electrons. The number of benzene rings is 7. The Morgan fingerprint density at radius 2 is 1.03 bits per heavy atom. The minimum Gasteiger partial charge on any atom is -0.507 e. The van der Waals surface area contributed by atoms with Crippen LogP contribution in [0.3, 0.4) is 0 Å². The third kappa shape index (κ3) is 8.29. The van der Waals surface area contributed by atoms with E-state index in [2.05, 4.69) is 201 Å². The van der Waals surface area contributed by atoms with Gasteiger partial charge < -0.3 is 5.11 Å². The van der Waals surface area contributed by atoms with Crippen LogP contribution < -0.4 is 0 Å². The van der Waals surface area contributed by atoms with E-state index < -0.39 is 0 Å². The molecule has 0 atom stereocenters.